The highest BCUT2D eigenvalue weighted by Gasteiger charge is 2.23. The molecular weight excluding hydrogens is 531 g/mol. The Morgan fingerprint density at radius 3 is 2.34 bits per heavy atom. The van der Waals surface area contributed by atoms with E-state index in [0.29, 0.717) is 36.2 Å². The Bertz CT molecular complexity index is 1110. The number of carbonyl (C=O) groups is 2. The number of nitrogens with zero attached hydrogens (tertiary/aromatic N) is 1. The van der Waals surface area contributed by atoms with Crippen LogP contribution in [0.5, 0.6) is 5.75 Å². The van der Waals surface area contributed by atoms with Crippen LogP contribution >= 0.6 is 24.8 Å². The van der Waals surface area contributed by atoms with E-state index in [-0.39, 0.29) is 43.4 Å². The van der Waals surface area contributed by atoms with E-state index in [1.165, 1.54) is 0 Å². The molecule has 0 radical (unpaired) electrons. The Morgan fingerprint density at radius 1 is 1.05 bits per heavy atom. The monoisotopic (exact) mass is 566 g/mol. The number of carboxylic acids is 1. The van der Waals surface area contributed by atoms with Gasteiger partial charge in [0, 0.05) is 29.9 Å². The minimum atomic E-state index is -1.02. The molecule has 0 bridgehead atoms. The fourth-order valence-electron chi connectivity index (χ4n) is 3.62. The van der Waals surface area contributed by atoms with E-state index >= 15 is 0 Å². The van der Waals surface area contributed by atoms with Crippen LogP contribution in [0.3, 0.4) is 0 Å². The van der Waals surface area contributed by atoms with E-state index in [4.69, 9.17) is 14.4 Å². The third-order valence-electron chi connectivity index (χ3n) is 5.52. The van der Waals surface area contributed by atoms with Gasteiger partial charge in [0.05, 0.1) is 0 Å². The van der Waals surface area contributed by atoms with Gasteiger partial charge in [0.1, 0.15) is 11.8 Å². The topological polar surface area (TPSA) is 126 Å². The molecule has 0 saturated heterocycles. The molecule has 0 fully saturated rings. The predicted octanol–water partition coefficient (Wildman–Crippen LogP) is 5.48. The van der Waals surface area contributed by atoms with E-state index in [1.54, 1.807) is 18.2 Å². The molecule has 2 aromatic carbocycles. The lowest BCUT2D eigenvalue weighted by Gasteiger charge is -2.24. The molecular formula is C27H36Cl2N4O5. The van der Waals surface area contributed by atoms with Crippen molar-refractivity contribution >= 4 is 48.2 Å². The number of halogens is 2. The van der Waals surface area contributed by atoms with Gasteiger partial charge in [-0.2, -0.15) is 0 Å². The van der Waals surface area contributed by atoms with Gasteiger partial charge in [-0.3, -0.25) is 4.79 Å². The first-order valence-electron chi connectivity index (χ1n) is 12.1. The summed E-state index contributed by atoms with van der Waals surface area (Å²) in [6.07, 6.45) is 1.39. The van der Waals surface area contributed by atoms with Crippen LogP contribution in [0.2, 0.25) is 0 Å². The van der Waals surface area contributed by atoms with Crippen molar-refractivity contribution in [1.29, 1.82) is 0 Å². The van der Waals surface area contributed by atoms with Gasteiger partial charge in [0.2, 0.25) is 5.91 Å². The van der Waals surface area contributed by atoms with E-state index in [1.807, 2.05) is 49.4 Å². The largest absolute Gasteiger partial charge is 0.482 e. The molecule has 0 aliphatic carbocycles. The summed E-state index contributed by atoms with van der Waals surface area (Å²) in [6.45, 7) is 6.31. The first-order valence-corrected chi connectivity index (χ1v) is 12.1. The highest BCUT2D eigenvalue weighted by molar-refractivity contribution is 5.86. The maximum Gasteiger partial charge on any atom is 0.341 e. The van der Waals surface area contributed by atoms with E-state index < -0.39 is 12.0 Å². The minimum absolute atomic E-state index is 0. The molecule has 4 N–H and O–H groups in total. The Hall–Kier alpha value is -3.43. The number of ether oxygens (including phenoxy) is 1. The molecule has 0 saturated carbocycles. The number of nitrogens with one attached hydrogen (secondary N) is 3. The van der Waals surface area contributed by atoms with Gasteiger partial charge in [-0.25, -0.2) is 4.79 Å². The van der Waals surface area contributed by atoms with Crippen molar-refractivity contribution in [2.24, 2.45) is 5.92 Å². The Morgan fingerprint density at radius 2 is 1.74 bits per heavy atom. The van der Waals surface area contributed by atoms with Gasteiger partial charge >= 0.3 is 5.97 Å². The van der Waals surface area contributed by atoms with E-state index in [0.717, 1.165) is 17.7 Å². The normalized spacial score (nSPS) is 11.9. The first kappa shape index (κ1) is 32.6. The molecule has 0 aliphatic rings. The number of anilines is 2. The summed E-state index contributed by atoms with van der Waals surface area (Å²) in [5.41, 5.74) is 1.76. The number of aliphatic carboxylic acids is 1. The Balaban J connectivity index is 0.00000361. The van der Waals surface area contributed by atoms with E-state index in [9.17, 15) is 9.59 Å². The molecule has 1 aromatic heterocycles. The van der Waals surface area contributed by atoms with Gasteiger partial charge in [-0.1, -0.05) is 56.3 Å². The lowest BCUT2D eigenvalue weighted by atomic mass is 10.0. The summed E-state index contributed by atoms with van der Waals surface area (Å²) in [5.74, 6) is 0.814. The maximum atomic E-state index is 13.2. The van der Waals surface area contributed by atoms with Crippen LogP contribution in [0, 0.1) is 5.92 Å². The molecule has 1 amide bonds. The number of carboxylic acid groups (broad SMARTS) is 1. The molecule has 3 aromatic rings. The molecule has 11 heteroatoms. The summed E-state index contributed by atoms with van der Waals surface area (Å²) >= 11 is 0. The molecule has 208 valence electrons. The SMILES string of the molecule is CC[C@@H](CNc1ccc(OCC(=O)O)cc1)NC(=O)[C@H](CC(C)C)Nc1cc(-c2ccccc2)on1.Cl.Cl. The lowest BCUT2D eigenvalue weighted by molar-refractivity contribution is -0.139. The lowest BCUT2D eigenvalue weighted by Crippen LogP contribution is -2.47. The van der Waals surface area contributed by atoms with Gasteiger partial charge in [-0.05, 0) is 43.0 Å². The Labute approximate surface area is 235 Å². The van der Waals surface area contributed by atoms with Gasteiger partial charge in [-0.15, -0.1) is 24.8 Å². The molecule has 2 atom stereocenters. The molecule has 38 heavy (non-hydrogen) atoms. The Kier molecular flexibility index (Phi) is 14.1. The third-order valence-corrected chi connectivity index (χ3v) is 5.52. The maximum absolute atomic E-state index is 13.2. The fraction of sp³-hybridized carbons (Fsp3) is 0.370. The summed E-state index contributed by atoms with van der Waals surface area (Å²) in [4.78, 5) is 23.8. The van der Waals surface area contributed by atoms with Crippen LogP contribution in [0.4, 0.5) is 11.5 Å². The fourth-order valence-corrected chi connectivity index (χ4v) is 3.62. The number of amides is 1. The van der Waals surface area contributed by atoms with Crippen molar-refractivity contribution in [1.82, 2.24) is 10.5 Å². The summed E-state index contributed by atoms with van der Waals surface area (Å²) < 4.78 is 10.6. The van der Waals surface area contributed by atoms with Crippen molar-refractivity contribution in [3.63, 3.8) is 0 Å². The minimum Gasteiger partial charge on any atom is -0.482 e. The molecule has 0 aliphatic heterocycles. The zero-order chi connectivity index (χ0) is 25.9. The zero-order valence-electron chi connectivity index (χ0n) is 21.7. The highest BCUT2D eigenvalue weighted by atomic mass is 35.5. The predicted molar refractivity (Wildman–Crippen MR) is 154 cm³/mol. The van der Waals surface area contributed by atoms with Gasteiger partial charge < -0.3 is 30.3 Å². The quantitative estimate of drug-likeness (QED) is 0.202. The third kappa shape index (κ3) is 10.5. The van der Waals surface area contributed by atoms with Crippen molar-refractivity contribution in [3.8, 4) is 17.1 Å². The number of hydrogen-bond donors (Lipinski definition) is 4. The smallest absolute Gasteiger partial charge is 0.341 e. The average molecular weight is 568 g/mol. The van der Waals surface area contributed by atoms with E-state index in [2.05, 4.69) is 35.0 Å². The van der Waals surface area contributed by atoms with Crippen LogP contribution in [0.1, 0.15) is 33.6 Å². The second-order valence-corrected chi connectivity index (χ2v) is 8.97. The number of aromatic nitrogens is 1. The van der Waals surface area contributed by atoms with Crippen molar-refractivity contribution in [2.75, 3.05) is 23.8 Å². The second-order valence-electron chi connectivity index (χ2n) is 8.97. The summed E-state index contributed by atoms with van der Waals surface area (Å²) in [5, 5.41) is 22.5. The van der Waals surface area contributed by atoms with Crippen LogP contribution in [-0.4, -0.2) is 47.4 Å². The van der Waals surface area contributed by atoms with Crippen LogP contribution < -0.4 is 20.7 Å². The van der Waals surface area contributed by atoms with Crippen LogP contribution in [-0.2, 0) is 9.59 Å². The number of benzene rings is 2. The van der Waals surface area contributed by atoms with Crippen molar-refractivity contribution in [3.05, 3.63) is 60.7 Å². The number of hydrogen-bond acceptors (Lipinski definition) is 7. The standard InChI is InChI=1S/C27H34N4O5.2ClH/c1-4-20(16-28-21-10-12-22(13-11-21)35-17-26(32)33)29-27(34)23(14-18(2)3)30-25-15-24(36-31-25)19-8-6-5-7-9-19;;/h5-13,15,18,20,23,28H,4,14,16-17H2,1-3H3,(H,29,34)(H,30,31)(H,32,33);2*1H/t20-,23-;;/m0../s1. The van der Waals surface area contributed by atoms with Gasteiger partial charge in [0.15, 0.2) is 18.2 Å². The summed E-state index contributed by atoms with van der Waals surface area (Å²) in [7, 11) is 0. The van der Waals surface area contributed by atoms with Crippen molar-refractivity contribution in [2.45, 2.75) is 45.7 Å². The average Bonchev–Trinajstić information content (AvgIpc) is 3.34. The first-order chi connectivity index (χ1) is 17.3. The molecule has 1 heterocycles. The molecule has 3 rings (SSSR count). The number of rotatable bonds is 14. The van der Waals surface area contributed by atoms with Gasteiger partial charge in [0.25, 0.3) is 0 Å². The number of carbonyl (C=O) groups excluding carboxylic acids is 1. The molecule has 0 spiro atoms. The van der Waals surface area contributed by atoms with Crippen LogP contribution in [0.15, 0.2) is 65.2 Å². The van der Waals surface area contributed by atoms with Crippen molar-refractivity contribution < 1.29 is 24.0 Å². The second kappa shape index (κ2) is 16.4. The molecule has 9 nitrogen and oxygen atoms in total. The summed E-state index contributed by atoms with van der Waals surface area (Å²) in [6, 6.07) is 18.0. The van der Waals surface area contributed by atoms with Crippen LogP contribution in [0.25, 0.3) is 11.3 Å². The zero-order valence-corrected chi connectivity index (χ0v) is 23.3. The molecule has 0 unspecified atom stereocenters. The highest BCUT2D eigenvalue weighted by Crippen LogP contribution is 2.23.